The third kappa shape index (κ3) is 3.06. The van der Waals surface area contributed by atoms with Gasteiger partial charge >= 0.3 is 0 Å². The second-order valence-corrected chi connectivity index (χ2v) is 3.91. The van der Waals surface area contributed by atoms with Crippen LogP contribution in [0.3, 0.4) is 0 Å². The highest BCUT2D eigenvalue weighted by Crippen LogP contribution is 2.21. The first-order valence-electron chi connectivity index (χ1n) is 5.57. The lowest BCUT2D eigenvalue weighted by Gasteiger charge is -2.09. The van der Waals surface area contributed by atoms with Crippen molar-refractivity contribution in [1.29, 1.82) is 0 Å². The van der Waals surface area contributed by atoms with E-state index < -0.39 is 24.1 Å². The molecule has 2 aromatic rings. The average Bonchev–Trinajstić information content (AvgIpc) is 2.39. The molecule has 0 amide bonds. The van der Waals surface area contributed by atoms with E-state index in [0.717, 1.165) is 18.2 Å². The molecule has 0 atom stereocenters. The molecular formula is C14H11F3O2. The number of halogens is 3. The summed E-state index contributed by atoms with van der Waals surface area (Å²) in [6.07, 6.45) is 0. The molecule has 2 aromatic carbocycles. The summed E-state index contributed by atoms with van der Waals surface area (Å²) in [7, 11) is 0. The maximum absolute atomic E-state index is 13.5. The molecule has 0 radical (unpaired) electrons. The number of aliphatic hydroxyl groups is 1. The predicted molar refractivity (Wildman–Crippen MR) is 63.0 cm³/mol. The molecule has 0 unspecified atom stereocenters. The molecule has 0 aliphatic carbocycles. The monoisotopic (exact) mass is 268 g/mol. The van der Waals surface area contributed by atoms with E-state index in [1.165, 1.54) is 18.2 Å². The van der Waals surface area contributed by atoms with Crippen LogP contribution in [0.1, 0.15) is 11.1 Å². The Labute approximate surface area is 108 Å². The number of hydrogen-bond donors (Lipinski definition) is 1. The lowest BCUT2D eigenvalue weighted by Crippen LogP contribution is -2.03. The first kappa shape index (κ1) is 13.4. The zero-order valence-electron chi connectivity index (χ0n) is 9.87. The van der Waals surface area contributed by atoms with Crippen LogP contribution >= 0.6 is 0 Å². The van der Waals surface area contributed by atoms with Gasteiger partial charge in [0.05, 0.1) is 12.2 Å². The topological polar surface area (TPSA) is 29.5 Å². The third-order valence-corrected chi connectivity index (χ3v) is 2.61. The van der Waals surface area contributed by atoms with Crippen molar-refractivity contribution in [1.82, 2.24) is 0 Å². The molecule has 1 N–H and O–H groups in total. The van der Waals surface area contributed by atoms with E-state index in [1.807, 2.05) is 0 Å². The van der Waals surface area contributed by atoms with Crippen molar-refractivity contribution in [3.63, 3.8) is 0 Å². The van der Waals surface area contributed by atoms with E-state index in [2.05, 4.69) is 0 Å². The first-order valence-corrected chi connectivity index (χ1v) is 5.57. The number of ether oxygens (including phenoxy) is 1. The molecule has 100 valence electrons. The standard InChI is InChI=1S/C14H11F3O2/c15-11-2-1-3-12(16)10(11)8-19-14-5-4-9(7-18)6-13(14)17/h1-6,18H,7-8H2. The number of benzene rings is 2. The average molecular weight is 268 g/mol. The van der Waals surface area contributed by atoms with Crippen molar-refractivity contribution in [2.24, 2.45) is 0 Å². The summed E-state index contributed by atoms with van der Waals surface area (Å²) in [5.41, 5.74) is 0.134. The van der Waals surface area contributed by atoms with Crippen molar-refractivity contribution in [3.05, 3.63) is 65.0 Å². The minimum absolute atomic E-state index is 0.125. The van der Waals surface area contributed by atoms with E-state index in [9.17, 15) is 13.2 Å². The molecule has 19 heavy (non-hydrogen) atoms. The smallest absolute Gasteiger partial charge is 0.165 e. The van der Waals surface area contributed by atoms with Gasteiger partial charge in [0.2, 0.25) is 0 Å². The van der Waals surface area contributed by atoms with Crippen molar-refractivity contribution >= 4 is 0 Å². The molecular weight excluding hydrogens is 257 g/mol. The van der Waals surface area contributed by atoms with Crippen molar-refractivity contribution in [2.75, 3.05) is 0 Å². The van der Waals surface area contributed by atoms with Crippen LogP contribution in [0.15, 0.2) is 36.4 Å². The minimum atomic E-state index is -0.743. The van der Waals surface area contributed by atoms with Gasteiger partial charge in [0.25, 0.3) is 0 Å². The van der Waals surface area contributed by atoms with Crippen molar-refractivity contribution < 1.29 is 23.0 Å². The number of rotatable bonds is 4. The molecule has 2 nitrogen and oxygen atoms in total. The largest absolute Gasteiger partial charge is 0.486 e. The summed E-state index contributed by atoms with van der Waals surface area (Å²) in [6, 6.07) is 7.33. The summed E-state index contributed by atoms with van der Waals surface area (Å²) in [6.45, 7) is -0.701. The number of aliphatic hydroxyl groups excluding tert-OH is 1. The minimum Gasteiger partial charge on any atom is -0.486 e. The maximum atomic E-state index is 13.5. The molecule has 5 heteroatoms. The fraction of sp³-hybridized carbons (Fsp3) is 0.143. The van der Waals surface area contributed by atoms with E-state index >= 15 is 0 Å². The van der Waals surface area contributed by atoms with Crippen molar-refractivity contribution in [2.45, 2.75) is 13.2 Å². The Morgan fingerprint density at radius 1 is 0.947 bits per heavy atom. The summed E-state index contributed by atoms with van der Waals surface area (Å²) >= 11 is 0. The SMILES string of the molecule is OCc1ccc(OCc2c(F)cccc2F)c(F)c1. The zero-order valence-corrected chi connectivity index (χ0v) is 9.87. The Bertz CT molecular complexity index is 565. The Hall–Kier alpha value is -2.01. The van der Waals surface area contributed by atoms with Gasteiger partial charge in [-0.2, -0.15) is 0 Å². The third-order valence-electron chi connectivity index (χ3n) is 2.61. The Balaban J connectivity index is 2.15. The molecule has 2 rings (SSSR count). The summed E-state index contributed by atoms with van der Waals surface area (Å²) in [4.78, 5) is 0. The van der Waals surface area contributed by atoms with Gasteiger partial charge in [-0.1, -0.05) is 12.1 Å². The zero-order chi connectivity index (χ0) is 13.8. The van der Waals surface area contributed by atoms with Crippen LogP contribution in [0.4, 0.5) is 13.2 Å². The van der Waals surface area contributed by atoms with Gasteiger partial charge in [-0.25, -0.2) is 13.2 Å². The predicted octanol–water partition coefficient (Wildman–Crippen LogP) is 3.18. The highest BCUT2D eigenvalue weighted by Gasteiger charge is 2.11. The Morgan fingerprint density at radius 2 is 1.63 bits per heavy atom. The van der Waals surface area contributed by atoms with Crippen LogP contribution in [0.2, 0.25) is 0 Å². The summed E-state index contributed by atoms with van der Waals surface area (Å²) in [5.74, 6) is -2.30. The summed E-state index contributed by atoms with van der Waals surface area (Å²) in [5, 5.41) is 8.83. The normalized spacial score (nSPS) is 10.5. The van der Waals surface area contributed by atoms with Gasteiger partial charge in [0.1, 0.15) is 18.2 Å². The lowest BCUT2D eigenvalue weighted by atomic mass is 10.2. The van der Waals surface area contributed by atoms with E-state index in [4.69, 9.17) is 9.84 Å². The summed E-state index contributed by atoms with van der Waals surface area (Å²) < 4.78 is 45.2. The van der Waals surface area contributed by atoms with Crippen molar-refractivity contribution in [3.8, 4) is 5.75 Å². The van der Waals surface area contributed by atoms with Crippen LogP contribution in [-0.4, -0.2) is 5.11 Å². The second kappa shape index (κ2) is 5.75. The molecule has 0 saturated heterocycles. The highest BCUT2D eigenvalue weighted by atomic mass is 19.1. The van der Waals surface area contributed by atoms with Gasteiger partial charge in [0, 0.05) is 0 Å². The molecule has 0 aliphatic rings. The molecule has 0 fully saturated rings. The molecule has 0 spiro atoms. The fourth-order valence-corrected chi connectivity index (χ4v) is 1.58. The first-order chi connectivity index (χ1) is 9.11. The molecule has 0 heterocycles. The molecule has 0 bridgehead atoms. The van der Waals surface area contributed by atoms with Gasteiger partial charge in [0.15, 0.2) is 11.6 Å². The van der Waals surface area contributed by atoms with E-state index in [-0.39, 0.29) is 17.9 Å². The van der Waals surface area contributed by atoms with Crippen LogP contribution < -0.4 is 4.74 Å². The van der Waals surface area contributed by atoms with Gasteiger partial charge < -0.3 is 9.84 Å². The fourth-order valence-electron chi connectivity index (χ4n) is 1.58. The van der Waals surface area contributed by atoms with Gasteiger partial charge in [-0.3, -0.25) is 0 Å². The maximum Gasteiger partial charge on any atom is 0.165 e. The molecule has 0 saturated carbocycles. The second-order valence-electron chi connectivity index (χ2n) is 3.91. The van der Waals surface area contributed by atoms with Gasteiger partial charge in [-0.05, 0) is 29.8 Å². The van der Waals surface area contributed by atoms with Crippen LogP contribution in [0, 0.1) is 17.5 Å². The van der Waals surface area contributed by atoms with Crippen LogP contribution in [0.25, 0.3) is 0 Å². The lowest BCUT2D eigenvalue weighted by molar-refractivity contribution is 0.272. The van der Waals surface area contributed by atoms with Gasteiger partial charge in [-0.15, -0.1) is 0 Å². The van der Waals surface area contributed by atoms with Crippen LogP contribution in [-0.2, 0) is 13.2 Å². The Morgan fingerprint density at radius 3 is 2.21 bits per heavy atom. The van der Waals surface area contributed by atoms with E-state index in [0.29, 0.717) is 5.56 Å². The molecule has 0 aromatic heterocycles. The highest BCUT2D eigenvalue weighted by molar-refractivity contribution is 5.29. The van der Waals surface area contributed by atoms with E-state index in [1.54, 1.807) is 0 Å². The number of hydrogen-bond acceptors (Lipinski definition) is 2. The molecule has 0 aliphatic heterocycles. The Kier molecular flexibility index (Phi) is 4.06. The quantitative estimate of drug-likeness (QED) is 0.922. The van der Waals surface area contributed by atoms with Crippen LogP contribution in [0.5, 0.6) is 5.75 Å².